The summed E-state index contributed by atoms with van der Waals surface area (Å²) in [6.45, 7) is 6.36. The summed E-state index contributed by atoms with van der Waals surface area (Å²) >= 11 is 0. The van der Waals surface area contributed by atoms with E-state index in [1.807, 2.05) is 0 Å². The standard InChI is InChI=1S/C17H22FNO4/c1-17(2,3)23-16(22)19-8-4-5-11(10-19)13-7-6-12(18)9-14(13)15(20)21/h6-7,9,11H,4-5,8,10H2,1-3H3,(H,20,21). The van der Waals surface area contributed by atoms with Gasteiger partial charge in [0.25, 0.3) is 0 Å². The largest absolute Gasteiger partial charge is 0.478 e. The van der Waals surface area contributed by atoms with Crippen LogP contribution in [0.25, 0.3) is 0 Å². The number of rotatable bonds is 2. The molecule has 1 atom stereocenters. The molecule has 0 saturated carbocycles. The number of carbonyl (C=O) groups excluding carboxylic acids is 1. The van der Waals surface area contributed by atoms with Crippen LogP contribution in [0.2, 0.25) is 0 Å². The van der Waals surface area contributed by atoms with Crippen molar-refractivity contribution in [3.8, 4) is 0 Å². The number of hydrogen-bond donors (Lipinski definition) is 1. The molecule has 5 nitrogen and oxygen atoms in total. The summed E-state index contributed by atoms with van der Waals surface area (Å²) < 4.78 is 18.7. The minimum Gasteiger partial charge on any atom is -0.478 e. The first-order valence-electron chi connectivity index (χ1n) is 7.68. The van der Waals surface area contributed by atoms with E-state index in [0.717, 1.165) is 18.9 Å². The van der Waals surface area contributed by atoms with Gasteiger partial charge in [0.05, 0.1) is 5.56 Å². The molecule has 1 unspecified atom stereocenters. The van der Waals surface area contributed by atoms with E-state index in [1.165, 1.54) is 12.1 Å². The van der Waals surface area contributed by atoms with Crippen LogP contribution in [0, 0.1) is 5.82 Å². The second-order valence-corrected chi connectivity index (χ2v) is 6.80. The maximum atomic E-state index is 13.3. The Balaban J connectivity index is 2.19. The van der Waals surface area contributed by atoms with Crippen molar-refractivity contribution in [2.24, 2.45) is 0 Å². The second kappa shape index (κ2) is 6.56. The van der Waals surface area contributed by atoms with Gasteiger partial charge in [0, 0.05) is 19.0 Å². The summed E-state index contributed by atoms with van der Waals surface area (Å²) in [5.41, 5.74) is -0.0558. The van der Waals surface area contributed by atoms with Gasteiger partial charge in [0.2, 0.25) is 0 Å². The highest BCUT2D eigenvalue weighted by Gasteiger charge is 2.30. The quantitative estimate of drug-likeness (QED) is 0.902. The van der Waals surface area contributed by atoms with Gasteiger partial charge >= 0.3 is 12.1 Å². The van der Waals surface area contributed by atoms with Gasteiger partial charge in [0.1, 0.15) is 11.4 Å². The SMILES string of the molecule is CC(C)(C)OC(=O)N1CCCC(c2ccc(F)cc2C(=O)O)C1. The summed E-state index contributed by atoms with van der Waals surface area (Å²) in [6.07, 6.45) is 1.10. The molecule has 6 heteroatoms. The number of hydrogen-bond acceptors (Lipinski definition) is 3. The fourth-order valence-electron chi connectivity index (χ4n) is 2.79. The number of carboxylic acid groups (broad SMARTS) is 1. The van der Waals surface area contributed by atoms with E-state index in [-0.39, 0.29) is 11.5 Å². The molecule has 1 aromatic rings. The molecule has 1 saturated heterocycles. The highest BCUT2D eigenvalue weighted by atomic mass is 19.1. The van der Waals surface area contributed by atoms with Crippen LogP contribution in [0.4, 0.5) is 9.18 Å². The first-order chi connectivity index (χ1) is 10.7. The molecule has 0 spiro atoms. The smallest absolute Gasteiger partial charge is 0.410 e. The van der Waals surface area contributed by atoms with Crippen molar-refractivity contribution in [1.82, 2.24) is 4.90 Å². The van der Waals surface area contributed by atoms with Crippen molar-refractivity contribution in [2.45, 2.75) is 45.1 Å². The van der Waals surface area contributed by atoms with Gasteiger partial charge in [-0.25, -0.2) is 14.0 Å². The van der Waals surface area contributed by atoms with E-state index in [4.69, 9.17) is 4.74 Å². The summed E-state index contributed by atoms with van der Waals surface area (Å²) in [5, 5.41) is 9.28. The minimum absolute atomic E-state index is 0.0407. The van der Waals surface area contributed by atoms with Crippen molar-refractivity contribution in [1.29, 1.82) is 0 Å². The molecule has 0 aliphatic carbocycles. The lowest BCUT2D eigenvalue weighted by Gasteiger charge is -2.34. The predicted molar refractivity (Wildman–Crippen MR) is 83.1 cm³/mol. The molecular formula is C17H22FNO4. The number of carbonyl (C=O) groups is 2. The summed E-state index contributed by atoms with van der Waals surface area (Å²) in [5.74, 6) is -1.87. The lowest BCUT2D eigenvalue weighted by molar-refractivity contribution is 0.0198. The van der Waals surface area contributed by atoms with E-state index >= 15 is 0 Å². The molecule has 23 heavy (non-hydrogen) atoms. The van der Waals surface area contributed by atoms with Crippen molar-refractivity contribution in [2.75, 3.05) is 13.1 Å². The third-order valence-corrected chi connectivity index (χ3v) is 3.76. The van der Waals surface area contributed by atoms with E-state index in [0.29, 0.717) is 18.7 Å². The molecule has 1 aliphatic heterocycles. The Kier molecular flexibility index (Phi) is 4.92. The van der Waals surface area contributed by atoms with Crippen molar-refractivity contribution >= 4 is 12.1 Å². The zero-order chi connectivity index (χ0) is 17.2. The van der Waals surface area contributed by atoms with E-state index in [1.54, 1.807) is 25.7 Å². The molecule has 0 radical (unpaired) electrons. The van der Waals surface area contributed by atoms with Crippen LogP contribution in [0.3, 0.4) is 0 Å². The Hall–Kier alpha value is -2.11. The summed E-state index contributed by atoms with van der Waals surface area (Å²) in [7, 11) is 0. The molecule has 126 valence electrons. The maximum Gasteiger partial charge on any atom is 0.410 e. The highest BCUT2D eigenvalue weighted by molar-refractivity contribution is 5.89. The van der Waals surface area contributed by atoms with Crippen LogP contribution < -0.4 is 0 Å². The van der Waals surface area contributed by atoms with Gasteiger partial charge in [-0.1, -0.05) is 6.07 Å². The lowest BCUT2D eigenvalue weighted by atomic mass is 9.87. The Labute approximate surface area is 135 Å². The molecule has 1 aromatic carbocycles. The van der Waals surface area contributed by atoms with Gasteiger partial charge < -0.3 is 14.7 Å². The lowest BCUT2D eigenvalue weighted by Crippen LogP contribution is -2.42. The second-order valence-electron chi connectivity index (χ2n) is 6.80. The highest BCUT2D eigenvalue weighted by Crippen LogP contribution is 2.30. The molecule has 0 aromatic heterocycles. The van der Waals surface area contributed by atoms with Crippen molar-refractivity contribution in [3.63, 3.8) is 0 Å². The van der Waals surface area contributed by atoms with Crippen molar-refractivity contribution in [3.05, 3.63) is 35.1 Å². The molecule has 1 heterocycles. The van der Waals surface area contributed by atoms with Gasteiger partial charge in [-0.3, -0.25) is 0 Å². The van der Waals surface area contributed by atoms with Crippen LogP contribution in [0.5, 0.6) is 0 Å². The fraction of sp³-hybridized carbons (Fsp3) is 0.529. The first kappa shape index (κ1) is 17.2. The molecule has 2 rings (SSSR count). The molecule has 1 amide bonds. The zero-order valence-electron chi connectivity index (χ0n) is 13.6. The number of carboxylic acids is 1. The average Bonchev–Trinajstić information content (AvgIpc) is 2.45. The Morgan fingerprint density at radius 3 is 2.65 bits per heavy atom. The maximum absolute atomic E-state index is 13.3. The van der Waals surface area contributed by atoms with Crippen LogP contribution in [-0.4, -0.2) is 40.8 Å². The number of amides is 1. The monoisotopic (exact) mass is 323 g/mol. The normalized spacial score (nSPS) is 18.6. The van der Waals surface area contributed by atoms with Crippen LogP contribution in [-0.2, 0) is 4.74 Å². The Morgan fingerprint density at radius 2 is 2.04 bits per heavy atom. The molecule has 0 bridgehead atoms. The predicted octanol–water partition coefficient (Wildman–Crippen LogP) is 3.64. The molecule has 1 aliphatic rings. The zero-order valence-corrected chi connectivity index (χ0v) is 13.6. The third-order valence-electron chi connectivity index (χ3n) is 3.76. The van der Waals surface area contributed by atoms with E-state index < -0.39 is 23.5 Å². The summed E-state index contributed by atoms with van der Waals surface area (Å²) in [6, 6.07) is 3.79. The Bertz CT molecular complexity index is 609. The van der Waals surface area contributed by atoms with Crippen LogP contribution in [0.15, 0.2) is 18.2 Å². The fourth-order valence-corrected chi connectivity index (χ4v) is 2.79. The number of benzene rings is 1. The van der Waals surface area contributed by atoms with Gasteiger partial charge in [-0.2, -0.15) is 0 Å². The average molecular weight is 323 g/mol. The third kappa shape index (κ3) is 4.43. The van der Waals surface area contributed by atoms with Crippen LogP contribution in [0.1, 0.15) is 55.5 Å². The number of likely N-dealkylation sites (tertiary alicyclic amines) is 1. The number of nitrogens with zero attached hydrogens (tertiary/aromatic N) is 1. The number of halogens is 1. The first-order valence-corrected chi connectivity index (χ1v) is 7.68. The van der Waals surface area contributed by atoms with Crippen molar-refractivity contribution < 1.29 is 23.8 Å². The van der Waals surface area contributed by atoms with Gasteiger partial charge in [-0.05, 0) is 51.3 Å². The van der Waals surface area contributed by atoms with E-state index in [2.05, 4.69) is 0 Å². The molecule has 1 N–H and O–H groups in total. The topological polar surface area (TPSA) is 66.8 Å². The number of piperidine rings is 1. The Morgan fingerprint density at radius 1 is 1.35 bits per heavy atom. The molecule has 1 fully saturated rings. The van der Waals surface area contributed by atoms with Gasteiger partial charge in [-0.15, -0.1) is 0 Å². The van der Waals surface area contributed by atoms with Crippen LogP contribution >= 0.6 is 0 Å². The number of aromatic carboxylic acids is 1. The van der Waals surface area contributed by atoms with E-state index in [9.17, 15) is 19.1 Å². The van der Waals surface area contributed by atoms with Gasteiger partial charge in [0.15, 0.2) is 0 Å². The minimum atomic E-state index is -1.16. The number of ether oxygens (including phenoxy) is 1. The summed E-state index contributed by atoms with van der Waals surface area (Å²) in [4.78, 5) is 25.1. The molecular weight excluding hydrogens is 301 g/mol.